The number of aryl methyl sites for hydroxylation is 1. The molecule has 2 aliphatic heterocycles. The molecule has 4 heterocycles. The van der Waals surface area contributed by atoms with Crippen molar-refractivity contribution in [2.75, 3.05) is 18.0 Å². The second-order valence-corrected chi connectivity index (χ2v) is 8.90. The van der Waals surface area contributed by atoms with Gasteiger partial charge < -0.3 is 19.1 Å². The average Bonchev–Trinajstić information content (AvgIpc) is 2.78. The SMILES string of the molecule is [B]C1([B])Oc2ccc(O[C@H]3CCN(c4nn5c(=O)ccnc5c(C)c4C)C[C@@H]3F)cc2OC1([B])[B]. The van der Waals surface area contributed by atoms with Crippen LogP contribution in [0.4, 0.5) is 10.2 Å². The van der Waals surface area contributed by atoms with Crippen LogP contribution >= 0.6 is 0 Å². The molecule has 2 aliphatic rings. The van der Waals surface area contributed by atoms with E-state index in [1.165, 1.54) is 28.9 Å². The Labute approximate surface area is 206 Å². The number of anilines is 1. The normalized spacial score (nSPS) is 22.7. The molecule has 0 aliphatic carbocycles. The van der Waals surface area contributed by atoms with Crippen LogP contribution in [0.3, 0.4) is 0 Å². The van der Waals surface area contributed by atoms with E-state index in [0.29, 0.717) is 30.2 Å². The van der Waals surface area contributed by atoms with Crippen molar-refractivity contribution in [3.05, 3.63) is 51.9 Å². The molecule has 0 bridgehead atoms. The van der Waals surface area contributed by atoms with Crippen LogP contribution in [0.5, 0.6) is 17.2 Å². The highest BCUT2D eigenvalue weighted by Gasteiger charge is 2.43. The predicted molar refractivity (Wildman–Crippen MR) is 131 cm³/mol. The highest BCUT2D eigenvalue weighted by molar-refractivity contribution is 6.53. The van der Waals surface area contributed by atoms with Crippen LogP contribution in [0.15, 0.2) is 35.3 Å². The number of halogens is 1. The summed E-state index contributed by atoms with van der Waals surface area (Å²) in [5, 5.41) is 0.545. The fourth-order valence-electron chi connectivity index (χ4n) is 4.19. The van der Waals surface area contributed by atoms with Crippen molar-refractivity contribution >= 4 is 42.9 Å². The second-order valence-electron chi connectivity index (χ2n) is 8.90. The number of hydrogen-bond acceptors (Lipinski definition) is 7. The first-order chi connectivity index (χ1) is 16.5. The number of ether oxygens (including phenoxy) is 3. The molecule has 13 heteroatoms. The first-order valence-corrected chi connectivity index (χ1v) is 11.1. The van der Waals surface area contributed by atoms with Gasteiger partial charge in [-0.25, -0.2) is 9.37 Å². The molecule has 2 aromatic heterocycles. The van der Waals surface area contributed by atoms with E-state index in [0.717, 1.165) is 11.1 Å². The molecule has 8 radical (unpaired) electrons. The molecular formula is C22H19B4FN4O4. The monoisotopic (exact) mass is 466 g/mol. The minimum absolute atomic E-state index is 0.0423. The van der Waals surface area contributed by atoms with Gasteiger partial charge in [0.25, 0.3) is 5.56 Å². The Hall–Kier alpha value is -3.10. The molecule has 8 nitrogen and oxygen atoms in total. The Bertz CT molecular complexity index is 1370. The van der Waals surface area contributed by atoms with Gasteiger partial charge in [0, 0.05) is 53.2 Å². The summed E-state index contributed by atoms with van der Waals surface area (Å²) in [7, 11) is 23.1. The molecule has 35 heavy (non-hydrogen) atoms. The number of piperidine rings is 1. The average molecular weight is 466 g/mol. The minimum atomic E-state index is -1.98. The first kappa shape index (κ1) is 23.6. The van der Waals surface area contributed by atoms with E-state index in [-0.39, 0.29) is 23.6 Å². The fraction of sp³-hybridized carbons (Fsp3) is 0.409. The minimum Gasteiger partial charge on any atom is -0.501 e. The van der Waals surface area contributed by atoms with E-state index >= 15 is 4.39 Å². The van der Waals surface area contributed by atoms with Crippen LogP contribution in [-0.4, -0.2) is 82.1 Å². The van der Waals surface area contributed by atoms with Gasteiger partial charge in [-0.15, -0.1) is 5.10 Å². The summed E-state index contributed by atoms with van der Waals surface area (Å²) in [6.45, 7) is 4.26. The smallest absolute Gasteiger partial charge is 0.274 e. The highest BCUT2D eigenvalue weighted by atomic mass is 19.1. The van der Waals surface area contributed by atoms with Gasteiger partial charge in [0.05, 0.1) is 6.54 Å². The van der Waals surface area contributed by atoms with Gasteiger partial charge in [-0.1, -0.05) is 0 Å². The number of rotatable bonds is 3. The van der Waals surface area contributed by atoms with Crippen LogP contribution in [0, 0.1) is 13.8 Å². The molecule has 1 aromatic carbocycles. The molecule has 2 atom stereocenters. The zero-order chi connectivity index (χ0) is 25.1. The van der Waals surface area contributed by atoms with Crippen molar-refractivity contribution in [1.29, 1.82) is 0 Å². The lowest BCUT2D eigenvalue weighted by Gasteiger charge is -2.48. The number of fused-ring (bicyclic) bond motifs is 2. The maximum atomic E-state index is 15.3. The Balaban J connectivity index is 1.33. The topological polar surface area (TPSA) is 78.2 Å². The largest absolute Gasteiger partial charge is 0.501 e. The summed E-state index contributed by atoms with van der Waals surface area (Å²) in [4.78, 5) is 18.3. The lowest BCUT2D eigenvalue weighted by Crippen LogP contribution is -2.65. The second kappa shape index (κ2) is 8.24. The third-order valence-electron chi connectivity index (χ3n) is 6.40. The van der Waals surface area contributed by atoms with Crippen LogP contribution in [0.25, 0.3) is 5.65 Å². The fourth-order valence-corrected chi connectivity index (χ4v) is 4.19. The van der Waals surface area contributed by atoms with E-state index in [2.05, 4.69) is 10.1 Å². The molecular weight excluding hydrogens is 447 g/mol. The van der Waals surface area contributed by atoms with Crippen molar-refractivity contribution in [1.82, 2.24) is 14.6 Å². The van der Waals surface area contributed by atoms with Gasteiger partial charge in [-0.05, 0) is 26.0 Å². The van der Waals surface area contributed by atoms with E-state index in [1.807, 2.05) is 18.7 Å². The molecule has 1 saturated heterocycles. The van der Waals surface area contributed by atoms with Crippen molar-refractivity contribution < 1.29 is 18.6 Å². The molecule has 5 rings (SSSR count). The summed E-state index contributed by atoms with van der Waals surface area (Å²) in [5.74, 6) is 1.30. The first-order valence-electron chi connectivity index (χ1n) is 11.1. The maximum absolute atomic E-state index is 15.3. The maximum Gasteiger partial charge on any atom is 0.274 e. The lowest BCUT2D eigenvalue weighted by molar-refractivity contribution is 0.0587. The van der Waals surface area contributed by atoms with Crippen LogP contribution in [-0.2, 0) is 0 Å². The molecule has 1 fully saturated rings. The third-order valence-corrected chi connectivity index (χ3v) is 6.40. The van der Waals surface area contributed by atoms with Crippen molar-refractivity contribution in [3.8, 4) is 17.2 Å². The highest BCUT2D eigenvalue weighted by Crippen LogP contribution is 2.41. The van der Waals surface area contributed by atoms with Gasteiger partial charge in [0.15, 0.2) is 29.1 Å². The zero-order valence-corrected chi connectivity index (χ0v) is 19.3. The van der Waals surface area contributed by atoms with Gasteiger partial charge in [0.2, 0.25) is 0 Å². The number of aromatic nitrogens is 3. The van der Waals surface area contributed by atoms with Crippen molar-refractivity contribution in [3.63, 3.8) is 0 Å². The van der Waals surface area contributed by atoms with Crippen LogP contribution in [0.1, 0.15) is 17.5 Å². The zero-order valence-electron chi connectivity index (χ0n) is 19.3. The van der Waals surface area contributed by atoms with Crippen molar-refractivity contribution in [2.24, 2.45) is 0 Å². The van der Waals surface area contributed by atoms with Crippen LogP contribution < -0.4 is 24.7 Å². The molecule has 170 valence electrons. The summed E-state index contributed by atoms with van der Waals surface area (Å²) >= 11 is 0. The van der Waals surface area contributed by atoms with Gasteiger partial charge in [-0.2, -0.15) is 4.52 Å². The standard InChI is InChI=1S/C22H19B4FN4O4/c1-11-12(2)20(29-31-18(32)5-7-28-19(11)31)30-8-6-15(14(27)10-30)33-13-3-4-16-17(9-13)35-22(25,26)21(23,24)34-16/h3-5,7,9,14-15H,6,8,10H2,1-2H3/t14-,15-/m0/s1. The summed E-state index contributed by atoms with van der Waals surface area (Å²) in [6, 6.07) is 5.96. The lowest BCUT2D eigenvalue weighted by atomic mass is 9.41. The van der Waals surface area contributed by atoms with E-state index < -0.39 is 23.1 Å². The number of nitrogens with zero attached hydrogens (tertiary/aromatic N) is 4. The van der Waals surface area contributed by atoms with Gasteiger partial charge >= 0.3 is 0 Å². The van der Waals surface area contributed by atoms with Gasteiger partial charge in [0.1, 0.15) is 43.2 Å². The van der Waals surface area contributed by atoms with E-state index in [4.69, 9.17) is 45.6 Å². The summed E-state index contributed by atoms with van der Waals surface area (Å²) < 4.78 is 33.3. The molecule has 0 N–H and O–H groups in total. The summed E-state index contributed by atoms with van der Waals surface area (Å²) in [6.07, 6.45) is -0.220. The molecule has 0 spiro atoms. The number of alkyl halides is 1. The molecule has 0 saturated carbocycles. The van der Waals surface area contributed by atoms with Crippen LogP contribution in [0.2, 0.25) is 0 Å². The Kier molecular flexibility index (Phi) is 5.56. The third kappa shape index (κ3) is 4.04. The number of benzene rings is 1. The Morgan fingerprint density at radius 1 is 1.09 bits per heavy atom. The van der Waals surface area contributed by atoms with Crippen molar-refractivity contribution in [2.45, 2.75) is 43.3 Å². The summed E-state index contributed by atoms with van der Waals surface area (Å²) in [5.41, 5.74) is 1.83. The molecule has 0 amide bonds. The predicted octanol–water partition coefficient (Wildman–Crippen LogP) is 0.455. The molecule has 0 unspecified atom stereocenters. The van der Waals surface area contributed by atoms with E-state index in [9.17, 15) is 4.79 Å². The molecule has 3 aromatic rings. The van der Waals surface area contributed by atoms with E-state index in [1.54, 1.807) is 6.07 Å². The number of hydrogen-bond donors (Lipinski definition) is 0. The Morgan fingerprint density at radius 3 is 2.51 bits per heavy atom. The Morgan fingerprint density at radius 2 is 1.80 bits per heavy atom. The quantitative estimate of drug-likeness (QED) is 0.520. The van der Waals surface area contributed by atoms with Gasteiger partial charge in [-0.3, -0.25) is 4.79 Å².